The lowest BCUT2D eigenvalue weighted by Crippen LogP contribution is -1.92. The Morgan fingerprint density at radius 3 is 2.58 bits per heavy atom. The number of halogens is 3. The molecule has 0 aliphatic carbocycles. The highest BCUT2D eigenvalue weighted by Gasteiger charge is 2.14. The smallest absolute Gasteiger partial charge is 0.153 e. The summed E-state index contributed by atoms with van der Waals surface area (Å²) in [4.78, 5) is 0. The first-order valence-electron chi connectivity index (χ1n) is 5.49. The highest BCUT2D eigenvalue weighted by molar-refractivity contribution is 6.35. The molecule has 0 fully saturated rings. The van der Waals surface area contributed by atoms with E-state index in [4.69, 9.17) is 33.4 Å². The van der Waals surface area contributed by atoms with Crippen LogP contribution in [0.3, 0.4) is 0 Å². The van der Waals surface area contributed by atoms with Gasteiger partial charge in [-0.05, 0) is 24.3 Å². The fraction of sp³-hybridized carbons (Fsp3) is 0. The Balaban J connectivity index is 2.28. The third-order valence-electron chi connectivity index (χ3n) is 2.86. The standard InChI is InChI=1S/C14H8Cl2FNO/c15-10-3-1-2-7-4-12(19-14(7)10)9-5-8(17)6-11(16)13(9)18/h1-6H,18H2. The molecule has 1 heterocycles. The molecule has 0 aliphatic rings. The minimum Gasteiger partial charge on any atom is -0.454 e. The van der Waals surface area contributed by atoms with Gasteiger partial charge in [-0.1, -0.05) is 35.3 Å². The van der Waals surface area contributed by atoms with Crippen molar-refractivity contribution in [2.24, 2.45) is 0 Å². The van der Waals surface area contributed by atoms with Crippen LogP contribution >= 0.6 is 23.2 Å². The van der Waals surface area contributed by atoms with Crippen LogP contribution in [0.2, 0.25) is 10.0 Å². The molecule has 0 bridgehead atoms. The summed E-state index contributed by atoms with van der Waals surface area (Å²) in [6, 6.07) is 9.59. The van der Waals surface area contributed by atoms with Crippen molar-refractivity contribution >= 4 is 39.9 Å². The van der Waals surface area contributed by atoms with Gasteiger partial charge in [0.2, 0.25) is 0 Å². The van der Waals surface area contributed by atoms with E-state index in [0.29, 0.717) is 21.9 Å². The van der Waals surface area contributed by atoms with Crippen molar-refractivity contribution in [1.29, 1.82) is 0 Å². The molecule has 2 N–H and O–H groups in total. The van der Waals surface area contributed by atoms with Gasteiger partial charge >= 0.3 is 0 Å². The largest absolute Gasteiger partial charge is 0.454 e. The van der Waals surface area contributed by atoms with E-state index in [1.54, 1.807) is 12.1 Å². The molecule has 3 rings (SSSR count). The van der Waals surface area contributed by atoms with Gasteiger partial charge in [0.05, 0.1) is 15.7 Å². The van der Waals surface area contributed by atoms with Crippen molar-refractivity contribution < 1.29 is 8.81 Å². The van der Waals surface area contributed by atoms with Crippen molar-refractivity contribution in [3.05, 3.63) is 52.3 Å². The van der Waals surface area contributed by atoms with Crippen LogP contribution in [0.15, 0.2) is 40.8 Å². The van der Waals surface area contributed by atoms with E-state index in [1.165, 1.54) is 6.07 Å². The van der Waals surface area contributed by atoms with Crippen LogP contribution in [0.5, 0.6) is 0 Å². The van der Waals surface area contributed by atoms with E-state index in [-0.39, 0.29) is 10.7 Å². The van der Waals surface area contributed by atoms with E-state index < -0.39 is 5.82 Å². The topological polar surface area (TPSA) is 39.2 Å². The normalized spacial score (nSPS) is 11.1. The van der Waals surface area contributed by atoms with Gasteiger partial charge in [0.15, 0.2) is 5.58 Å². The maximum absolute atomic E-state index is 13.4. The number of para-hydroxylation sites is 1. The molecule has 1 aromatic heterocycles. The molecular weight excluding hydrogens is 288 g/mol. The Kier molecular flexibility index (Phi) is 2.88. The highest BCUT2D eigenvalue weighted by atomic mass is 35.5. The summed E-state index contributed by atoms with van der Waals surface area (Å²) in [7, 11) is 0. The number of nitrogen functional groups attached to an aromatic ring is 1. The molecule has 0 aliphatic heterocycles. The van der Waals surface area contributed by atoms with Crippen molar-refractivity contribution in [3.63, 3.8) is 0 Å². The maximum atomic E-state index is 13.4. The first-order chi connectivity index (χ1) is 9.06. The molecule has 0 atom stereocenters. The third-order valence-corrected chi connectivity index (χ3v) is 3.47. The number of hydrogen-bond acceptors (Lipinski definition) is 2. The van der Waals surface area contributed by atoms with E-state index in [9.17, 15) is 4.39 Å². The lowest BCUT2D eigenvalue weighted by atomic mass is 10.1. The highest BCUT2D eigenvalue weighted by Crippen LogP contribution is 2.37. The Morgan fingerprint density at radius 1 is 1.05 bits per heavy atom. The summed E-state index contributed by atoms with van der Waals surface area (Å²) in [5, 5.41) is 1.47. The van der Waals surface area contributed by atoms with Crippen LogP contribution < -0.4 is 5.73 Å². The summed E-state index contributed by atoms with van der Waals surface area (Å²) in [5.41, 5.74) is 7.08. The molecule has 3 aromatic rings. The predicted molar refractivity (Wildman–Crippen MR) is 76.0 cm³/mol. The average Bonchev–Trinajstić information content (AvgIpc) is 2.79. The van der Waals surface area contributed by atoms with Crippen LogP contribution in [0, 0.1) is 5.82 Å². The summed E-state index contributed by atoms with van der Waals surface area (Å²) in [6.45, 7) is 0. The molecule has 0 saturated heterocycles. The van der Waals surface area contributed by atoms with E-state index >= 15 is 0 Å². The van der Waals surface area contributed by atoms with Crippen molar-refractivity contribution in [2.45, 2.75) is 0 Å². The van der Waals surface area contributed by atoms with Crippen LogP contribution in [-0.4, -0.2) is 0 Å². The molecule has 0 amide bonds. The van der Waals surface area contributed by atoms with E-state index in [2.05, 4.69) is 0 Å². The van der Waals surface area contributed by atoms with Gasteiger partial charge in [0, 0.05) is 10.9 Å². The van der Waals surface area contributed by atoms with Crippen molar-refractivity contribution in [1.82, 2.24) is 0 Å². The quantitative estimate of drug-likeness (QED) is 0.632. The fourth-order valence-electron chi connectivity index (χ4n) is 1.95. The second-order valence-electron chi connectivity index (χ2n) is 4.12. The summed E-state index contributed by atoms with van der Waals surface area (Å²) in [6.07, 6.45) is 0. The van der Waals surface area contributed by atoms with Gasteiger partial charge < -0.3 is 10.2 Å². The zero-order valence-corrected chi connectivity index (χ0v) is 11.1. The molecule has 19 heavy (non-hydrogen) atoms. The van der Waals surface area contributed by atoms with Crippen LogP contribution in [0.25, 0.3) is 22.3 Å². The predicted octanol–water partition coefficient (Wildman–Crippen LogP) is 5.13. The second-order valence-corrected chi connectivity index (χ2v) is 4.93. The minimum atomic E-state index is -0.472. The minimum absolute atomic E-state index is 0.154. The van der Waals surface area contributed by atoms with Crippen molar-refractivity contribution in [2.75, 3.05) is 5.73 Å². The average molecular weight is 296 g/mol. The maximum Gasteiger partial charge on any atom is 0.153 e. The van der Waals surface area contributed by atoms with Gasteiger partial charge in [-0.2, -0.15) is 0 Å². The summed E-state index contributed by atoms with van der Waals surface area (Å²) in [5.74, 6) is -0.0391. The number of anilines is 1. The second kappa shape index (κ2) is 4.44. The molecule has 0 spiro atoms. The number of nitrogens with two attached hydrogens (primary N) is 1. The van der Waals surface area contributed by atoms with E-state index in [0.717, 1.165) is 11.5 Å². The van der Waals surface area contributed by atoms with Gasteiger partial charge in [-0.3, -0.25) is 0 Å². The molecule has 5 heteroatoms. The van der Waals surface area contributed by atoms with E-state index in [1.807, 2.05) is 12.1 Å². The lowest BCUT2D eigenvalue weighted by Gasteiger charge is -2.04. The number of benzene rings is 2. The van der Waals surface area contributed by atoms with Gasteiger partial charge in [0.1, 0.15) is 11.6 Å². The first-order valence-corrected chi connectivity index (χ1v) is 6.25. The van der Waals surface area contributed by atoms with Gasteiger partial charge in [-0.15, -0.1) is 0 Å². The molecule has 0 radical (unpaired) electrons. The fourth-order valence-corrected chi connectivity index (χ4v) is 2.38. The zero-order chi connectivity index (χ0) is 13.6. The number of rotatable bonds is 1. The molecule has 96 valence electrons. The number of hydrogen-bond donors (Lipinski definition) is 1. The van der Waals surface area contributed by atoms with Crippen LogP contribution in [0.4, 0.5) is 10.1 Å². The SMILES string of the molecule is Nc1c(Cl)cc(F)cc1-c1cc2cccc(Cl)c2o1. The zero-order valence-electron chi connectivity index (χ0n) is 9.58. The summed E-state index contributed by atoms with van der Waals surface area (Å²) < 4.78 is 19.1. The molecule has 0 unspecified atom stereocenters. The molecule has 2 nitrogen and oxygen atoms in total. The third kappa shape index (κ3) is 2.05. The van der Waals surface area contributed by atoms with Crippen LogP contribution in [-0.2, 0) is 0 Å². The Morgan fingerprint density at radius 2 is 1.84 bits per heavy atom. The molecular formula is C14H8Cl2FNO. The Bertz CT molecular complexity index is 782. The van der Waals surface area contributed by atoms with Crippen molar-refractivity contribution in [3.8, 4) is 11.3 Å². The molecule has 0 saturated carbocycles. The Hall–Kier alpha value is -1.71. The lowest BCUT2D eigenvalue weighted by molar-refractivity contribution is 0.619. The number of furan rings is 1. The van der Waals surface area contributed by atoms with Gasteiger partial charge in [0.25, 0.3) is 0 Å². The first kappa shape index (κ1) is 12.3. The Labute approximate surface area is 118 Å². The van der Waals surface area contributed by atoms with Crippen LogP contribution in [0.1, 0.15) is 0 Å². The number of fused-ring (bicyclic) bond motifs is 1. The monoisotopic (exact) mass is 295 g/mol. The molecule has 2 aromatic carbocycles. The summed E-state index contributed by atoms with van der Waals surface area (Å²) >= 11 is 11.9. The van der Waals surface area contributed by atoms with Gasteiger partial charge in [-0.25, -0.2) is 4.39 Å².